The van der Waals surface area contributed by atoms with Crippen molar-refractivity contribution in [3.63, 3.8) is 0 Å². The SMILES string of the molecule is CC(C)CC(CO)NC(=O)CC1CCCC1. The number of hydrogen-bond acceptors (Lipinski definition) is 2. The van der Waals surface area contributed by atoms with Crippen LogP contribution in [-0.2, 0) is 4.79 Å². The highest BCUT2D eigenvalue weighted by Crippen LogP contribution is 2.27. The molecule has 1 rings (SSSR count). The van der Waals surface area contributed by atoms with Gasteiger partial charge in [-0.05, 0) is 31.1 Å². The van der Waals surface area contributed by atoms with Gasteiger partial charge in [-0.2, -0.15) is 0 Å². The molecule has 1 amide bonds. The lowest BCUT2D eigenvalue weighted by Crippen LogP contribution is -2.39. The molecule has 3 nitrogen and oxygen atoms in total. The van der Waals surface area contributed by atoms with Crippen molar-refractivity contribution in [2.45, 2.75) is 58.4 Å². The molecule has 0 saturated heterocycles. The summed E-state index contributed by atoms with van der Waals surface area (Å²) in [4.78, 5) is 11.7. The van der Waals surface area contributed by atoms with Crippen LogP contribution in [-0.4, -0.2) is 23.7 Å². The predicted molar refractivity (Wildman–Crippen MR) is 65.0 cm³/mol. The van der Waals surface area contributed by atoms with Gasteiger partial charge in [-0.25, -0.2) is 0 Å². The average molecular weight is 227 g/mol. The Labute approximate surface area is 98.6 Å². The molecule has 0 aliphatic heterocycles. The second-order valence-corrected chi connectivity index (χ2v) is 5.43. The molecule has 1 fully saturated rings. The Morgan fingerprint density at radius 1 is 1.38 bits per heavy atom. The van der Waals surface area contributed by atoms with Gasteiger partial charge in [-0.15, -0.1) is 0 Å². The number of aliphatic hydroxyl groups is 1. The Hall–Kier alpha value is -0.570. The normalized spacial score (nSPS) is 19.0. The van der Waals surface area contributed by atoms with Gasteiger partial charge in [0.25, 0.3) is 0 Å². The molecule has 1 saturated carbocycles. The molecule has 0 radical (unpaired) electrons. The summed E-state index contributed by atoms with van der Waals surface area (Å²) in [5, 5.41) is 12.1. The van der Waals surface area contributed by atoms with E-state index < -0.39 is 0 Å². The van der Waals surface area contributed by atoms with Crippen LogP contribution in [0.15, 0.2) is 0 Å². The van der Waals surface area contributed by atoms with Crippen molar-refractivity contribution in [2.75, 3.05) is 6.61 Å². The number of rotatable bonds is 6. The molecule has 94 valence electrons. The molecule has 3 heteroatoms. The Balaban J connectivity index is 2.24. The van der Waals surface area contributed by atoms with Crippen molar-refractivity contribution in [2.24, 2.45) is 11.8 Å². The predicted octanol–water partition coefficient (Wildman–Crippen LogP) is 2.09. The zero-order valence-electron chi connectivity index (χ0n) is 10.5. The van der Waals surface area contributed by atoms with Crippen molar-refractivity contribution >= 4 is 5.91 Å². The maximum absolute atomic E-state index is 11.7. The monoisotopic (exact) mass is 227 g/mol. The lowest BCUT2D eigenvalue weighted by atomic mass is 10.0. The molecule has 1 atom stereocenters. The van der Waals surface area contributed by atoms with Crippen LogP contribution in [0, 0.1) is 11.8 Å². The average Bonchev–Trinajstić information content (AvgIpc) is 2.68. The summed E-state index contributed by atoms with van der Waals surface area (Å²) in [5.74, 6) is 1.20. The van der Waals surface area contributed by atoms with Crippen LogP contribution in [0.1, 0.15) is 52.4 Å². The van der Waals surface area contributed by atoms with E-state index in [0.29, 0.717) is 18.3 Å². The van der Waals surface area contributed by atoms with Gasteiger partial charge in [0.2, 0.25) is 5.91 Å². The standard InChI is InChI=1S/C13H25NO2/c1-10(2)7-12(9-15)14-13(16)8-11-5-3-4-6-11/h10-12,15H,3-9H2,1-2H3,(H,14,16). The molecule has 0 aromatic rings. The van der Waals surface area contributed by atoms with Gasteiger partial charge >= 0.3 is 0 Å². The quantitative estimate of drug-likeness (QED) is 0.730. The number of nitrogens with one attached hydrogen (secondary N) is 1. The topological polar surface area (TPSA) is 49.3 Å². The summed E-state index contributed by atoms with van der Waals surface area (Å²) in [6, 6.07) is -0.0612. The van der Waals surface area contributed by atoms with Crippen molar-refractivity contribution in [3.05, 3.63) is 0 Å². The summed E-state index contributed by atoms with van der Waals surface area (Å²) < 4.78 is 0. The fraction of sp³-hybridized carbons (Fsp3) is 0.923. The van der Waals surface area contributed by atoms with Gasteiger partial charge in [0.1, 0.15) is 0 Å². The summed E-state index contributed by atoms with van der Waals surface area (Å²) >= 11 is 0. The van der Waals surface area contributed by atoms with Crippen LogP contribution >= 0.6 is 0 Å². The maximum atomic E-state index is 11.7. The fourth-order valence-electron chi connectivity index (χ4n) is 2.51. The lowest BCUT2D eigenvalue weighted by molar-refractivity contribution is -0.123. The van der Waals surface area contributed by atoms with Gasteiger partial charge in [-0.1, -0.05) is 26.7 Å². The van der Waals surface area contributed by atoms with E-state index >= 15 is 0 Å². The van der Waals surface area contributed by atoms with Crippen molar-refractivity contribution in [1.29, 1.82) is 0 Å². The van der Waals surface area contributed by atoms with Gasteiger partial charge in [0.15, 0.2) is 0 Å². The van der Waals surface area contributed by atoms with Gasteiger partial charge in [0, 0.05) is 6.42 Å². The molecule has 0 aromatic heterocycles. The third kappa shape index (κ3) is 4.97. The van der Waals surface area contributed by atoms with E-state index in [1.54, 1.807) is 0 Å². The first-order valence-electron chi connectivity index (χ1n) is 6.52. The highest BCUT2D eigenvalue weighted by molar-refractivity contribution is 5.76. The molecule has 1 aliphatic carbocycles. The maximum Gasteiger partial charge on any atom is 0.220 e. The summed E-state index contributed by atoms with van der Waals surface area (Å²) in [5.41, 5.74) is 0. The number of carbonyl (C=O) groups is 1. The van der Waals surface area contributed by atoms with E-state index in [2.05, 4.69) is 19.2 Å². The fourth-order valence-corrected chi connectivity index (χ4v) is 2.51. The first kappa shape index (κ1) is 13.5. The first-order valence-corrected chi connectivity index (χ1v) is 6.52. The van der Waals surface area contributed by atoms with Crippen molar-refractivity contribution in [3.8, 4) is 0 Å². The molecule has 1 unspecified atom stereocenters. The molecule has 1 aliphatic rings. The molecule has 0 aromatic carbocycles. The minimum atomic E-state index is -0.0612. The van der Waals surface area contributed by atoms with E-state index in [1.165, 1.54) is 25.7 Å². The number of hydrogen-bond donors (Lipinski definition) is 2. The van der Waals surface area contributed by atoms with Crippen LogP contribution in [0.2, 0.25) is 0 Å². The summed E-state index contributed by atoms with van der Waals surface area (Å²) in [7, 11) is 0. The highest BCUT2D eigenvalue weighted by atomic mass is 16.3. The molecule has 16 heavy (non-hydrogen) atoms. The minimum Gasteiger partial charge on any atom is -0.394 e. The molecule has 0 heterocycles. The van der Waals surface area contributed by atoms with Crippen molar-refractivity contribution < 1.29 is 9.90 Å². The molecule has 0 bridgehead atoms. The van der Waals surface area contributed by atoms with E-state index in [0.717, 1.165) is 6.42 Å². The highest BCUT2D eigenvalue weighted by Gasteiger charge is 2.20. The van der Waals surface area contributed by atoms with Crippen LogP contribution in [0.4, 0.5) is 0 Å². The molecule has 2 N–H and O–H groups in total. The van der Waals surface area contributed by atoms with Crippen LogP contribution < -0.4 is 5.32 Å². The first-order chi connectivity index (χ1) is 7.61. The van der Waals surface area contributed by atoms with E-state index in [9.17, 15) is 4.79 Å². The van der Waals surface area contributed by atoms with E-state index in [4.69, 9.17) is 5.11 Å². The van der Waals surface area contributed by atoms with Crippen LogP contribution in [0.3, 0.4) is 0 Å². The van der Waals surface area contributed by atoms with E-state index in [-0.39, 0.29) is 18.6 Å². The van der Waals surface area contributed by atoms with Crippen LogP contribution in [0.25, 0.3) is 0 Å². The van der Waals surface area contributed by atoms with Gasteiger partial charge in [0.05, 0.1) is 12.6 Å². The Bertz CT molecular complexity index is 210. The summed E-state index contributed by atoms with van der Waals surface area (Å²) in [6.45, 7) is 4.26. The Morgan fingerprint density at radius 3 is 2.50 bits per heavy atom. The van der Waals surface area contributed by atoms with Gasteiger partial charge in [-0.3, -0.25) is 4.79 Å². The van der Waals surface area contributed by atoms with Gasteiger partial charge < -0.3 is 10.4 Å². The lowest BCUT2D eigenvalue weighted by Gasteiger charge is -2.19. The largest absolute Gasteiger partial charge is 0.394 e. The third-order valence-electron chi connectivity index (χ3n) is 3.29. The van der Waals surface area contributed by atoms with Crippen molar-refractivity contribution in [1.82, 2.24) is 5.32 Å². The zero-order chi connectivity index (χ0) is 12.0. The Kier molecular flexibility index (Phi) is 5.81. The molecule has 0 spiro atoms. The number of aliphatic hydroxyl groups excluding tert-OH is 1. The summed E-state index contributed by atoms with van der Waals surface area (Å²) in [6.07, 6.45) is 6.44. The third-order valence-corrected chi connectivity index (χ3v) is 3.29. The number of amides is 1. The number of carbonyl (C=O) groups excluding carboxylic acids is 1. The Morgan fingerprint density at radius 2 is 2.00 bits per heavy atom. The molecular weight excluding hydrogens is 202 g/mol. The zero-order valence-corrected chi connectivity index (χ0v) is 10.5. The second-order valence-electron chi connectivity index (χ2n) is 5.43. The molecular formula is C13H25NO2. The minimum absolute atomic E-state index is 0.0502. The van der Waals surface area contributed by atoms with E-state index in [1.807, 2.05) is 0 Å². The smallest absolute Gasteiger partial charge is 0.220 e. The second kappa shape index (κ2) is 6.89. The van der Waals surface area contributed by atoms with Crippen LogP contribution in [0.5, 0.6) is 0 Å².